The molecular formula is C15H22N2O4. The van der Waals surface area contributed by atoms with Crippen molar-refractivity contribution >= 4 is 0 Å². The van der Waals surface area contributed by atoms with E-state index in [-0.39, 0.29) is 22.8 Å². The van der Waals surface area contributed by atoms with Crippen molar-refractivity contribution in [2.24, 2.45) is 12.5 Å². The lowest BCUT2D eigenvalue weighted by Crippen LogP contribution is -2.42. The van der Waals surface area contributed by atoms with E-state index in [1.165, 1.54) is 15.2 Å². The molecule has 21 heavy (non-hydrogen) atoms. The van der Waals surface area contributed by atoms with Crippen molar-refractivity contribution in [3.63, 3.8) is 0 Å². The van der Waals surface area contributed by atoms with Crippen LogP contribution < -0.4 is 11.2 Å². The molecule has 3 rings (SSSR count). The molecule has 0 aromatic carbocycles. The largest absolute Gasteiger partial charge is 0.381 e. The van der Waals surface area contributed by atoms with Crippen molar-refractivity contribution in [3.05, 3.63) is 32.6 Å². The van der Waals surface area contributed by atoms with Gasteiger partial charge in [0.25, 0.3) is 5.56 Å². The van der Waals surface area contributed by atoms with Crippen LogP contribution in [0.4, 0.5) is 0 Å². The zero-order valence-corrected chi connectivity index (χ0v) is 12.6. The van der Waals surface area contributed by atoms with Gasteiger partial charge < -0.3 is 14.0 Å². The first-order valence-electron chi connectivity index (χ1n) is 7.48. The summed E-state index contributed by atoms with van der Waals surface area (Å²) in [5.41, 5.74) is 0.348. The van der Waals surface area contributed by atoms with Crippen LogP contribution >= 0.6 is 0 Å². The number of aryl methyl sites for hydroxylation is 1. The summed E-state index contributed by atoms with van der Waals surface area (Å²) >= 11 is 0. The molecule has 1 aromatic rings. The van der Waals surface area contributed by atoms with Crippen molar-refractivity contribution in [2.75, 3.05) is 19.8 Å². The maximum Gasteiger partial charge on any atom is 0.330 e. The molecule has 2 fully saturated rings. The molecular weight excluding hydrogens is 272 g/mol. The average Bonchev–Trinajstić information content (AvgIpc) is 2.85. The summed E-state index contributed by atoms with van der Waals surface area (Å²) in [5, 5.41) is 0. The Morgan fingerprint density at radius 1 is 1.33 bits per heavy atom. The van der Waals surface area contributed by atoms with E-state index < -0.39 is 0 Å². The number of nitrogens with zero attached hydrogens (tertiary/aromatic N) is 2. The molecule has 1 unspecified atom stereocenters. The van der Waals surface area contributed by atoms with Crippen LogP contribution in [0.15, 0.2) is 15.7 Å². The lowest BCUT2D eigenvalue weighted by atomic mass is 9.78. The molecule has 116 valence electrons. The third-order valence-electron chi connectivity index (χ3n) is 4.87. The predicted molar refractivity (Wildman–Crippen MR) is 77.5 cm³/mol. The fraction of sp³-hybridized carbons (Fsp3) is 0.733. The highest BCUT2D eigenvalue weighted by molar-refractivity contribution is 5.00. The van der Waals surface area contributed by atoms with E-state index >= 15 is 0 Å². The number of hydrogen-bond donors (Lipinski definition) is 0. The molecule has 6 nitrogen and oxygen atoms in total. The van der Waals surface area contributed by atoms with E-state index in [1.54, 1.807) is 14.0 Å². The highest BCUT2D eigenvalue weighted by atomic mass is 16.5. The Morgan fingerprint density at radius 2 is 2.05 bits per heavy atom. The van der Waals surface area contributed by atoms with E-state index in [0.717, 1.165) is 32.5 Å². The minimum Gasteiger partial charge on any atom is -0.381 e. The van der Waals surface area contributed by atoms with Crippen LogP contribution in [0.1, 0.15) is 25.0 Å². The van der Waals surface area contributed by atoms with E-state index in [0.29, 0.717) is 18.8 Å². The maximum absolute atomic E-state index is 12.2. The molecule has 0 saturated carbocycles. The molecule has 0 aliphatic carbocycles. The van der Waals surface area contributed by atoms with Gasteiger partial charge in [0.15, 0.2) is 0 Å². The minimum absolute atomic E-state index is 0.0591. The Bertz CT molecular complexity index is 640. The van der Waals surface area contributed by atoms with Gasteiger partial charge in [-0.2, -0.15) is 0 Å². The van der Waals surface area contributed by atoms with E-state index in [9.17, 15) is 9.59 Å². The van der Waals surface area contributed by atoms with Gasteiger partial charge in [-0.05, 0) is 26.2 Å². The standard InChI is InChI=1S/C15H22N2O4/c1-11-7-13(18)17(14(19)16(11)2)9-12-8-15(10-21-12)3-5-20-6-4-15/h7,12H,3-6,8-10H2,1-2H3. The highest BCUT2D eigenvalue weighted by Crippen LogP contribution is 2.41. The average molecular weight is 294 g/mol. The quantitative estimate of drug-likeness (QED) is 0.794. The van der Waals surface area contributed by atoms with Gasteiger partial charge in [0, 0.05) is 37.4 Å². The number of hydrogen-bond acceptors (Lipinski definition) is 4. The summed E-state index contributed by atoms with van der Waals surface area (Å²) < 4.78 is 14.1. The maximum atomic E-state index is 12.2. The molecule has 6 heteroatoms. The first kappa shape index (κ1) is 14.5. The number of rotatable bonds is 2. The van der Waals surface area contributed by atoms with Crippen molar-refractivity contribution in [1.82, 2.24) is 9.13 Å². The van der Waals surface area contributed by atoms with Gasteiger partial charge in [0.1, 0.15) is 0 Å². The third-order valence-corrected chi connectivity index (χ3v) is 4.87. The molecule has 2 saturated heterocycles. The van der Waals surface area contributed by atoms with Crippen LogP contribution in [-0.2, 0) is 23.1 Å². The van der Waals surface area contributed by atoms with E-state index in [4.69, 9.17) is 9.47 Å². The van der Waals surface area contributed by atoms with Crippen LogP contribution in [0.25, 0.3) is 0 Å². The van der Waals surface area contributed by atoms with Crippen LogP contribution in [0.2, 0.25) is 0 Å². The fourth-order valence-electron chi connectivity index (χ4n) is 3.32. The second-order valence-corrected chi connectivity index (χ2v) is 6.33. The highest BCUT2D eigenvalue weighted by Gasteiger charge is 2.41. The molecule has 1 atom stereocenters. The lowest BCUT2D eigenvalue weighted by molar-refractivity contribution is 0.00638. The Balaban J connectivity index is 1.78. The zero-order chi connectivity index (χ0) is 15.0. The van der Waals surface area contributed by atoms with Gasteiger partial charge in [0.2, 0.25) is 0 Å². The zero-order valence-electron chi connectivity index (χ0n) is 12.6. The molecule has 0 amide bonds. The second kappa shape index (κ2) is 5.42. The molecule has 1 aromatic heterocycles. The van der Waals surface area contributed by atoms with Gasteiger partial charge in [-0.3, -0.25) is 9.36 Å². The predicted octanol–water partition coefficient (Wildman–Crippen LogP) is 0.441. The molecule has 3 heterocycles. The van der Waals surface area contributed by atoms with Crippen molar-refractivity contribution in [1.29, 1.82) is 0 Å². The van der Waals surface area contributed by atoms with Crippen molar-refractivity contribution in [3.8, 4) is 0 Å². The lowest BCUT2D eigenvalue weighted by Gasteiger charge is -2.31. The Hall–Kier alpha value is -1.40. The van der Waals surface area contributed by atoms with Crippen molar-refractivity contribution < 1.29 is 9.47 Å². The minimum atomic E-state index is -0.267. The van der Waals surface area contributed by atoms with E-state index in [2.05, 4.69) is 0 Å². The van der Waals surface area contributed by atoms with Gasteiger partial charge in [-0.1, -0.05) is 0 Å². The summed E-state index contributed by atoms with van der Waals surface area (Å²) in [4.78, 5) is 24.3. The molecule has 2 aliphatic heterocycles. The molecule has 2 aliphatic rings. The first-order chi connectivity index (χ1) is 10.0. The van der Waals surface area contributed by atoms with Crippen molar-refractivity contribution in [2.45, 2.75) is 38.8 Å². The summed E-state index contributed by atoms with van der Waals surface area (Å²) in [5.74, 6) is 0. The van der Waals surface area contributed by atoms with Crippen LogP contribution in [-0.4, -0.2) is 35.1 Å². The summed E-state index contributed by atoms with van der Waals surface area (Å²) in [6.45, 7) is 4.37. The molecule has 0 bridgehead atoms. The summed E-state index contributed by atoms with van der Waals surface area (Å²) in [6.07, 6.45) is 2.85. The monoisotopic (exact) mass is 294 g/mol. The normalized spacial score (nSPS) is 24.6. The Labute approximate surface area is 123 Å². The van der Waals surface area contributed by atoms with E-state index in [1.807, 2.05) is 0 Å². The molecule has 1 spiro atoms. The van der Waals surface area contributed by atoms with Gasteiger partial charge in [-0.25, -0.2) is 4.79 Å². The van der Waals surface area contributed by atoms with Gasteiger partial charge >= 0.3 is 5.69 Å². The van der Waals surface area contributed by atoms with Crippen LogP contribution in [0.5, 0.6) is 0 Å². The number of aromatic nitrogens is 2. The Morgan fingerprint density at radius 3 is 2.76 bits per heavy atom. The first-order valence-corrected chi connectivity index (χ1v) is 7.48. The molecule has 0 radical (unpaired) electrons. The smallest absolute Gasteiger partial charge is 0.330 e. The summed E-state index contributed by atoms with van der Waals surface area (Å²) in [6, 6.07) is 1.50. The summed E-state index contributed by atoms with van der Waals surface area (Å²) in [7, 11) is 1.68. The second-order valence-electron chi connectivity index (χ2n) is 6.33. The van der Waals surface area contributed by atoms with Gasteiger partial charge in [-0.15, -0.1) is 0 Å². The number of ether oxygens (including phenoxy) is 2. The van der Waals surface area contributed by atoms with Crippen LogP contribution in [0, 0.1) is 12.3 Å². The SMILES string of the molecule is Cc1cc(=O)n(CC2CC3(CCOCC3)CO2)c(=O)n1C. The van der Waals surface area contributed by atoms with Crippen LogP contribution in [0.3, 0.4) is 0 Å². The Kier molecular flexibility index (Phi) is 3.75. The molecule has 0 N–H and O–H groups in total. The third kappa shape index (κ3) is 2.70. The fourth-order valence-corrected chi connectivity index (χ4v) is 3.32. The topological polar surface area (TPSA) is 62.5 Å². The van der Waals surface area contributed by atoms with Gasteiger partial charge in [0.05, 0.1) is 19.3 Å².